The molecule has 0 bridgehead atoms. The van der Waals surface area contributed by atoms with Crippen molar-refractivity contribution in [2.45, 2.75) is 19.9 Å². The molecule has 0 spiro atoms. The summed E-state index contributed by atoms with van der Waals surface area (Å²) in [7, 11) is 1.64. The largest absolute Gasteiger partial charge is 0.497 e. The van der Waals surface area contributed by atoms with Gasteiger partial charge in [-0.2, -0.15) is 0 Å². The van der Waals surface area contributed by atoms with Crippen LogP contribution in [0.4, 0.5) is 5.82 Å². The first kappa shape index (κ1) is 18.4. The van der Waals surface area contributed by atoms with Gasteiger partial charge in [-0.25, -0.2) is 9.97 Å². The summed E-state index contributed by atoms with van der Waals surface area (Å²) in [5.74, 6) is 2.49. The lowest BCUT2D eigenvalue weighted by Gasteiger charge is -2.09. The van der Waals surface area contributed by atoms with E-state index in [9.17, 15) is 4.79 Å². The van der Waals surface area contributed by atoms with Crippen molar-refractivity contribution < 1.29 is 13.9 Å². The molecule has 2 aromatic heterocycles. The van der Waals surface area contributed by atoms with Gasteiger partial charge in [0.2, 0.25) is 0 Å². The monoisotopic (exact) mass is 366 g/mol. The van der Waals surface area contributed by atoms with Crippen LogP contribution in [0.5, 0.6) is 5.75 Å². The minimum Gasteiger partial charge on any atom is -0.497 e. The van der Waals surface area contributed by atoms with E-state index in [-0.39, 0.29) is 5.91 Å². The average molecular weight is 366 g/mol. The van der Waals surface area contributed by atoms with Crippen LogP contribution >= 0.6 is 0 Å². The van der Waals surface area contributed by atoms with Crippen molar-refractivity contribution in [2.24, 2.45) is 0 Å². The maximum atomic E-state index is 12.4. The van der Waals surface area contributed by atoms with Crippen molar-refractivity contribution in [1.82, 2.24) is 15.3 Å². The molecule has 0 unspecified atom stereocenters. The number of methoxy groups -OCH3 is 1. The maximum absolute atomic E-state index is 12.4. The highest BCUT2D eigenvalue weighted by atomic mass is 16.5. The van der Waals surface area contributed by atoms with Crippen LogP contribution in [-0.2, 0) is 13.0 Å². The molecular weight excluding hydrogens is 344 g/mol. The number of carbonyl (C=O) groups excluding carboxylic acids is 1. The van der Waals surface area contributed by atoms with E-state index < -0.39 is 0 Å². The number of rotatable bonds is 8. The summed E-state index contributed by atoms with van der Waals surface area (Å²) in [6, 6.07) is 13.1. The van der Waals surface area contributed by atoms with Gasteiger partial charge in [0.1, 0.15) is 28.8 Å². The zero-order valence-electron chi connectivity index (χ0n) is 15.4. The van der Waals surface area contributed by atoms with Crippen molar-refractivity contribution in [3.63, 3.8) is 0 Å². The number of carbonyl (C=O) groups is 1. The van der Waals surface area contributed by atoms with E-state index in [1.54, 1.807) is 26.4 Å². The molecule has 0 aliphatic rings. The molecule has 3 rings (SSSR count). The van der Waals surface area contributed by atoms with Crippen LogP contribution in [0.15, 0.2) is 53.1 Å². The van der Waals surface area contributed by atoms with Gasteiger partial charge in [-0.05, 0) is 43.2 Å². The molecule has 2 heterocycles. The standard InChI is InChI=1S/C20H22N4O3/c1-14-23-18(12-19(24-14)22-13-17-4-3-11-27-17)20(25)21-10-9-15-5-7-16(26-2)8-6-15/h3-8,11-12H,9-10,13H2,1-2H3,(H,21,25)(H,22,23,24). The predicted molar refractivity (Wildman–Crippen MR) is 102 cm³/mol. The molecule has 27 heavy (non-hydrogen) atoms. The van der Waals surface area contributed by atoms with Gasteiger partial charge >= 0.3 is 0 Å². The van der Waals surface area contributed by atoms with Crippen LogP contribution in [-0.4, -0.2) is 29.5 Å². The molecule has 0 saturated carbocycles. The molecular formula is C20H22N4O3. The molecule has 0 saturated heterocycles. The third-order valence-corrected chi connectivity index (χ3v) is 3.95. The molecule has 1 aromatic carbocycles. The van der Waals surface area contributed by atoms with Gasteiger partial charge in [0.05, 0.1) is 19.9 Å². The van der Waals surface area contributed by atoms with Crippen LogP contribution in [0.25, 0.3) is 0 Å². The Bertz CT molecular complexity index is 877. The molecule has 2 N–H and O–H groups in total. The van der Waals surface area contributed by atoms with Crippen molar-refractivity contribution in [1.29, 1.82) is 0 Å². The van der Waals surface area contributed by atoms with Crippen LogP contribution in [0.1, 0.15) is 27.6 Å². The summed E-state index contributed by atoms with van der Waals surface area (Å²) < 4.78 is 10.4. The minimum atomic E-state index is -0.227. The number of aryl methyl sites for hydroxylation is 1. The number of ether oxygens (including phenoxy) is 1. The first-order valence-electron chi connectivity index (χ1n) is 8.67. The minimum absolute atomic E-state index is 0.227. The van der Waals surface area contributed by atoms with E-state index in [0.717, 1.165) is 23.5 Å². The predicted octanol–water partition coefficient (Wildman–Crippen LogP) is 2.97. The molecule has 0 aliphatic carbocycles. The number of hydrogen-bond donors (Lipinski definition) is 2. The first-order chi connectivity index (χ1) is 13.1. The SMILES string of the molecule is COc1ccc(CCNC(=O)c2cc(NCc3ccco3)nc(C)n2)cc1. The zero-order chi connectivity index (χ0) is 19.1. The number of amides is 1. The lowest BCUT2D eigenvalue weighted by atomic mass is 10.1. The average Bonchev–Trinajstić information content (AvgIpc) is 3.20. The summed E-state index contributed by atoms with van der Waals surface area (Å²) in [4.78, 5) is 20.9. The highest BCUT2D eigenvalue weighted by molar-refractivity contribution is 5.92. The van der Waals surface area contributed by atoms with E-state index in [4.69, 9.17) is 9.15 Å². The van der Waals surface area contributed by atoms with Crippen molar-refractivity contribution in [2.75, 3.05) is 19.0 Å². The Morgan fingerprint density at radius 3 is 2.70 bits per heavy atom. The zero-order valence-corrected chi connectivity index (χ0v) is 15.4. The lowest BCUT2D eigenvalue weighted by Crippen LogP contribution is -2.27. The van der Waals surface area contributed by atoms with E-state index in [1.165, 1.54) is 0 Å². The number of furan rings is 1. The van der Waals surface area contributed by atoms with E-state index in [1.807, 2.05) is 36.4 Å². The van der Waals surface area contributed by atoms with Crippen LogP contribution in [0.2, 0.25) is 0 Å². The van der Waals surface area contributed by atoms with Gasteiger partial charge in [-0.15, -0.1) is 0 Å². The van der Waals surface area contributed by atoms with Gasteiger partial charge in [-0.3, -0.25) is 4.79 Å². The Hall–Kier alpha value is -3.35. The summed E-state index contributed by atoms with van der Waals surface area (Å²) in [5, 5.41) is 6.03. The van der Waals surface area contributed by atoms with Gasteiger partial charge in [-0.1, -0.05) is 12.1 Å². The Morgan fingerprint density at radius 1 is 1.19 bits per heavy atom. The molecule has 7 heteroatoms. The molecule has 0 radical (unpaired) electrons. The van der Waals surface area contributed by atoms with Crippen LogP contribution < -0.4 is 15.4 Å². The second-order valence-corrected chi connectivity index (χ2v) is 5.97. The smallest absolute Gasteiger partial charge is 0.270 e. The maximum Gasteiger partial charge on any atom is 0.270 e. The molecule has 7 nitrogen and oxygen atoms in total. The van der Waals surface area contributed by atoms with Crippen molar-refractivity contribution >= 4 is 11.7 Å². The third-order valence-electron chi connectivity index (χ3n) is 3.95. The topological polar surface area (TPSA) is 89.3 Å². The Balaban J connectivity index is 1.55. The quantitative estimate of drug-likeness (QED) is 0.637. The van der Waals surface area contributed by atoms with Gasteiger partial charge in [0.25, 0.3) is 5.91 Å². The molecule has 0 fully saturated rings. The molecule has 0 aliphatic heterocycles. The fourth-order valence-corrected chi connectivity index (χ4v) is 2.57. The highest BCUT2D eigenvalue weighted by Gasteiger charge is 2.10. The third kappa shape index (κ3) is 5.31. The number of hydrogen-bond acceptors (Lipinski definition) is 6. The summed E-state index contributed by atoms with van der Waals surface area (Å²) >= 11 is 0. The van der Waals surface area contributed by atoms with E-state index >= 15 is 0 Å². The Labute approximate surface area is 157 Å². The molecule has 140 valence electrons. The first-order valence-corrected chi connectivity index (χ1v) is 8.67. The fraction of sp³-hybridized carbons (Fsp3) is 0.250. The van der Waals surface area contributed by atoms with Gasteiger partial charge in [0.15, 0.2) is 0 Å². The molecule has 3 aromatic rings. The van der Waals surface area contributed by atoms with Gasteiger partial charge < -0.3 is 19.8 Å². The van der Waals surface area contributed by atoms with Gasteiger partial charge in [0, 0.05) is 12.6 Å². The van der Waals surface area contributed by atoms with E-state index in [0.29, 0.717) is 30.4 Å². The lowest BCUT2D eigenvalue weighted by molar-refractivity contribution is 0.0949. The normalized spacial score (nSPS) is 10.4. The highest BCUT2D eigenvalue weighted by Crippen LogP contribution is 2.12. The van der Waals surface area contributed by atoms with Crippen LogP contribution in [0, 0.1) is 6.92 Å². The number of nitrogens with zero attached hydrogens (tertiary/aromatic N) is 2. The number of benzene rings is 1. The summed E-state index contributed by atoms with van der Waals surface area (Å²) in [6.07, 6.45) is 2.34. The second-order valence-electron chi connectivity index (χ2n) is 5.97. The fourth-order valence-electron chi connectivity index (χ4n) is 2.57. The van der Waals surface area contributed by atoms with Crippen molar-refractivity contribution in [3.8, 4) is 5.75 Å². The second kappa shape index (κ2) is 8.84. The summed E-state index contributed by atoms with van der Waals surface area (Å²) in [6.45, 7) is 2.76. The van der Waals surface area contributed by atoms with Crippen molar-refractivity contribution in [3.05, 3.63) is 71.6 Å². The number of aromatic nitrogens is 2. The number of anilines is 1. The Kier molecular flexibility index (Phi) is 6.04. The van der Waals surface area contributed by atoms with E-state index in [2.05, 4.69) is 20.6 Å². The number of nitrogens with one attached hydrogen (secondary N) is 2. The molecule has 1 amide bonds. The molecule has 0 atom stereocenters. The van der Waals surface area contributed by atoms with Crippen LogP contribution in [0.3, 0.4) is 0 Å². The Morgan fingerprint density at radius 2 is 2.00 bits per heavy atom. The summed E-state index contributed by atoms with van der Waals surface area (Å²) in [5.41, 5.74) is 1.45.